The maximum absolute atomic E-state index is 10.4. The van der Waals surface area contributed by atoms with Gasteiger partial charge >= 0.3 is 0 Å². The van der Waals surface area contributed by atoms with E-state index in [9.17, 15) is 4.79 Å². The molecule has 0 aromatic carbocycles. The fraction of sp³-hybridized carbons (Fsp3) is 0.857. The van der Waals surface area contributed by atoms with Crippen LogP contribution in [0.1, 0.15) is 26.7 Å². The highest BCUT2D eigenvalue weighted by molar-refractivity contribution is 9.09. The SMILES string of the molecule is CC(C)(CBr)CCC(=O)Cl. The third-order valence-electron chi connectivity index (χ3n) is 1.36. The number of alkyl halides is 1. The summed E-state index contributed by atoms with van der Waals surface area (Å²) in [5.74, 6) is 0. The lowest BCUT2D eigenvalue weighted by atomic mass is 9.91. The predicted octanol–water partition coefficient (Wildman–Crippen LogP) is 2.95. The maximum atomic E-state index is 10.4. The molecule has 1 nitrogen and oxygen atoms in total. The minimum atomic E-state index is -0.242. The molecular weight excluding hydrogens is 215 g/mol. The van der Waals surface area contributed by atoms with Gasteiger partial charge in [0.05, 0.1) is 0 Å². The molecule has 3 heteroatoms. The van der Waals surface area contributed by atoms with Gasteiger partial charge in [-0.2, -0.15) is 0 Å². The van der Waals surface area contributed by atoms with Crippen LogP contribution in [0.5, 0.6) is 0 Å². The molecule has 0 radical (unpaired) electrons. The summed E-state index contributed by atoms with van der Waals surface area (Å²) in [4.78, 5) is 10.4. The van der Waals surface area contributed by atoms with Gasteiger partial charge in [0.15, 0.2) is 0 Å². The fourth-order valence-electron chi connectivity index (χ4n) is 0.503. The molecule has 0 aliphatic rings. The Morgan fingerprint density at radius 1 is 1.60 bits per heavy atom. The summed E-state index contributed by atoms with van der Waals surface area (Å²) in [5, 5.41) is 0.665. The van der Waals surface area contributed by atoms with E-state index in [4.69, 9.17) is 11.6 Å². The minimum Gasteiger partial charge on any atom is -0.281 e. The van der Waals surface area contributed by atoms with E-state index in [1.54, 1.807) is 0 Å². The van der Waals surface area contributed by atoms with E-state index in [0.717, 1.165) is 11.8 Å². The zero-order valence-electron chi connectivity index (χ0n) is 6.29. The van der Waals surface area contributed by atoms with Gasteiger partial charge in [-0.3, -0.25) is 4.79 Å². The van der Waals surface area contributed by atoms with Gasteiger partial charge in [-0.25, -0.2) is 0 Å². The van der Waals surface area contributed by atoms with Gasteiger partial charge in [0.25, 0.3) is 0 Å². The highest BCUT2D eigenvalue weighted by Gasteiger charge is 2.16. The van der Waals surface area contributed by atoms with Crippen molar-refractivity contribution in [2.75, 3.05) is 5.33 Å². The summed E-state index contributed by atoms with van der Waals surface area (Å²) >= 11 is 8.55. The number of carbonyl (C=O) groups excluding carboxylic acids is 1. The quantitative estimate of drug-likeness (QED) is 0.533. The molecule has 0 bridgehead atoms. The number of rotatable bonds is 4. The summed E-state index contributed by atoms with van der Waals surface area (Å²) in [6, 6.07) is 0. The maximum Gasteiger partial charge on any atom is 0.221 e. The van der Waals surface area contributed by atoms with Crippen LogP contribution in [-0.2, 0) is 4.79 Å². The van der Waals surface area contributed by atoms with Gasteiger partial charge in [-0.05, 0) is 23.4 Å². The lowest BCUT2D eigenvalue weighted by molar-refractivity contribution is -0.112. The molecule has 0 heterocycles. The number of hydrogen-bond donors (Lipinski definition) is 0. The van der Waals surface area contributed by atoms with Crippen molar-refractivity contribution in [1.29, 1.82) is 0 Å². The summed E-state index contributed by atoms with van der Waals surface area (Å²) in [7, 11) is 0. The lowest BCUT2D eigenvalue weighted by Gasteiger charge is -2.19. The van der Waals surface area contributed by atoms with Crippen LogP contribution in [0.4, 0.5) is 0 Å². The van der Waals surface area contributed by atoms with Gasteiger partial charge in [0.1, 0.15) is 0 Å². The van der Waals surface area contributed by atoms with Crippen LogP contribution in [0.15, 0.2) is 0 Å². The van der Waals surface area contributed by atoms with E-state index >= 15 is 0 Å². The third kappa shape index (κ3) is 5.24. The molecular formula is C7H12BrClO. The number of hydrogen-bond acceptors (Lipinski definition) is 1. The minimum absolute atomic E-state index is 0.185. The van der Waals surface area contributed by atoms with Crippen molar-refractivity contribution in [1.82, 2.24) is 0 Å². The molecule has 10 heavy (non-hydrogen) atoms. The highest BCUT2D eigenvalue weighted by Crippen LogP contribution is 2.24. The van der Waals surface area contributed by atoms with Gasteiger partial charge in [0, 0.05) is 11.8 Å². The Morgan fingerprint density at radius 2 is 2.10 bits per heavy atom. The number of halogens is 2. The van der Waals surface area contributed by atoms with E-state index in [1.807, 2.05) is 0 Å². The Balaban J connectivity index is 3.56. The van der Waals surface area contributed by atoms with E-state index < -0.39 is 0 Å². The van der Waals surface area contributed by atoms with E-state index in [0.29, 0.717) is 6.42 Å². The van der Waals surface area contributed by atoms with Crippen LogP contribution in [0.25, 0.3) is 0 Å². The predicted molar refractivity (Wildman–Crippen MR) is 47.7 cm³/mol. The second-order valence-corrected chi connectivity index (χ2v) is 4.14. The molecule has 0 aromatic rings. The first-order valence-electron chi connectivity index (χ1n) is 3.22. The summed E-state index contributed by atoms with van der Waals surface area (Å²) < 4.78 is 0. The molecule has 0 aromatic heterocycles. The Labute approximate surface area is 75.3 Å². The van der Waals surface area contributed by atoms with Crippen LogP contribution in [0.2, 0.25) is 0 Å². The van der Waals surface area contributed by atoms with E-state index in [1.165, 1.54) is 0 Å². The van der Waals surface area contributed by atoms with Crippen molar-refractivity contribution in [2.24, 2.45) is 5.41 Å². The molecule has 60 valence electrons. The lowest BCUT2D eigenvalue weighted by Crippen LogP contribution is -2.13. The Bertz CT molecular complexity index is 123. The van der Waals surface area contributed by atoms with Crippen LogP contribution >= 0.6 is 27.5 Å². The van der Waals surface area contributed by atoms with Crippen molar-refractivity contribution in [3.63, 3.8) is 0 Å². The van der Waals surface area contributed by atoms with Crippen molar-refractivity contribution in [3.8, 4) is 0 Å². The molecule has 0 saturated heterocycles. The van der Waals surface area contributed by atoms with Crippen molar-refractivity contribution >= 4 is 32.8 Å². The van der Waals surface area contributed by atoms with Crippen molar-refractivity contribution < 1.29 is 4.79 Å². The normalized spacial score (nSPS) is 11.6. The molecule has 0 amide bonds. The average molecular weight is 228 g/mol. The molecule has 0 aliphatic carbocycles. The molecule has 0 unspecified atom stereocenters. The van der Waals surface area contributed by atoms with E-state index in [2.05, 4.69) is 29.8 Å². The second-order valence-electron chi connectivity index (χ2n) is 3.15. The van der Waals surface area contributed by atoms with Crippen LogP contribution in [0.3, 0.4) is 0 Å². The summed E-state index contributed by atoms with van der Waals surface area (Å²) in [6.45, 7) is 4.20. The van der Waals surface area contributed by atoms with Gasteiger partial charge in [-0.1, -0.05) is 29.8 Å². The van der Waals surface area contributed by atoms with Gasteiger partial charge in [0.2, 0.25) is 5.24 Å². The fourth-order valence-corrected chi connectivity index (χ4v) is 0.878. The number of carbonyl (C=O) groups is 1. The smallest absolute Gasteiger partial charge is 0.221 e. The monoisotopic (exact) mass is 226 g/mol. The Kier molecular flexibility index (Phi) is 4.54. The first-order valence-corrected chi connectivity index (χ1v) is 4.72. The molecule has 0 rings (SSSR count). The van der Waals surface area contributed by atoms with E-state index in [-0.39, 0.29) is 10.7 Å². The molecule has 0 aliphatic heterocycles. The summed E-state index contributed by atoms with van der Waals surface area (Å²) in [5.41, 5.74) is 0.185. The van der Waals surface area contributed by atoms with Gasteiger partial charge < -0.3 is 0 Å². The standard InChI is InChI=1S/C7H12BrClO/c1-7(2,5-8)4-3-6(9)10/h3-5H2,1-2H3. The van der Waals surface area contributed by atoms with Crippen molar-refractivity contribution in [3.05, 3.63) is 0 Å². The zero-order chi connectivity index (χ0) is 8.20. The Morgan fingerprint density at radius 3 is 2.40 bits per heavy atom. The topological polar surface area (TPSA) is 17.1 Å². The molecule has 0 saturated carbocycles. The first-order chi connectivity index (χ1) is 4.48. The third-order valence-corrected chi connectivity index (χ3v) is 3.07. The zero-order valence-corrected chi connectivity index (χ0v) is 8.63. The van der Waals surface area contributed by atoms with Crippen molar-refractivity contribution in [2.45, 2.75) is 26.7 Å². The second kappa shape index (κ2) is 4.35. The highest BCUT2D eigenvalue weighted by atomic mass is 79.9. The Hall–Kier alpha value is 0.440. The summed E-state index contributed by atoms with van der Waals surface area (Å²) in [6.07, 6.45) is 1.32. The molecule has 0 atom stereocenters. The molecule has 0 spiro atoms. The van der Waals surface area contributed by atoms with Crippen LogP contribution in [0, 0.1) is 5.41 Å². The average Bonchev–Trinajstić information content (AvgIpc) is 1.85. The largest absolute Gasteiger partial charge is 0.281 e. The van der Waals surface area contributed by atoms with Gasteiger partial charge in [-0.15, -0.1) is 0 Å². The first kappa shape index (κ1) is 10.4. The molecule has 0 N–H and O–H groups in total. The molecule has 0 fully saturated rings. The van der Waals surface area contributed by atoms with Crippen LogP contribution in [-0.4, -0.2) is 10.6 Å². The van der Waals surface area contributed by atoms with Crippen LogP contribution < -0.4 is 0 Å².